The largest absolute Gasteiger partial charge is 0.491 e. The van der Waals surface area contributed by atoms with Crippen molar-refractivity contribution < 1.29 is 23.8 Å². The van der Waals surface area contributed by atoms with E-state index in [0.717, 1.165) is 14.9 Å². The fraction of sp³-hybridized carbons (Fsp3) is 0.300. The van der Waals surface area contributed by atoms with E-state index in [9.17, 15) is 19.1 Å². The summed E-state index contributed by atoms with van der Waals surface area (Å²) >= 11 is 3.32. The molecule has 2 aromatic carbocycles. The van der Waals surface area contributed by atoms with Crippen LogP contribution < -0.4 is 4.74 Å². The Morgan fingerprint density at radius 1 is 1.15 bits per heavy atom. The Labute approximate surface area is 164 Å². The van der Waals surface area contributed by atoms with Gasteiger partial charge in [0, 0.05) is 10.9 Å². The lowest BCUT2D eigenvalue weighted by Crippen LogP contribution is -2.39. The van der Waals surface area contributed by atoms with E-state index in [1.54, 1.807) is 24.3 Å². The third-order valence-electron chi connectivity index (χ3n) is 4.38. The van der Waals surface area contributed by atoms with Crippen LogP contribution in [0.5, 0.6) is 5.75 Å². The van der Waals surface area contributed by atoms with Gasteiger partial charge in [0.05, 0.1) is 12.5 Å². The van der Waals surface area contributed by atoms with Gasteiger partial charge in [-0.1, -0.05) is 28.1 Å². The molecule has 0 radical (unpaired) electrons. The van der Waals surface area contributed by atoms with Crippen LogP contribution in [0.2, 0.25) is 0 Å². The van der Waals surface area contributed by atoms with Gasteiger partial charge in [-0.05, 0) is 48.4 Å². The molecular weight excluding hydrogens is 417 g/mol. The molecule has 2 unspecified atom stereocenters. The summed E-state index contributed by atoms with van der Waals surface area (Å²) in [5.41, 5.74) is 0.795. The van der Waals surface area contributed by atoms with Crippen molar-refractivity contribution in [3.63, 3.8) is 0 Å². The number of nitrogens with zero attached hydrogens (tertiary/aromatic N) is 1. The van der Waals surface area contributed by atoms with Crippen LogP contribution in [0.15, 0.2) is 53.0 Å². The number of benzene rings is 2. The molecule has 0 bridgehead atoms. The van der Waals surface area contributed by atoms with Gasteiger partial charge in [-0.2, -0.15) is 0 Å². The zero-order valence-corrected chi connectivity index (χ0v) is 16.1. The molecule has 2 aromatic rings. The summed E-state index contributed by atoms with van der Waals surface area (Å²) < 4.78 is 19.4. The summed E-state index contributed by atoms with van der Waals surface area (Å²) in [7, 11) is 0. The fourth-order valence-electron chi connectivity index (χ4n) is 2.99. The third-order valence-corrected chi connectivity index (χ3v) is 4.91. The molecule has 1 heterocycles. The van der Waals surface area contributed by atoms with E-state index in [-0.39, 0.29) is 37.2 Å². The number of carbonyl (C=O) groups excluding carboxylic acids is 2. The molecule has 0 spiro atoms. The molecule has 5 nitrogen and oxygen atoms in total. The first-order chi connectivity index (χ1) is 12.9. The average molecular weight is 436 g/mol. The topological polar surface area (TPSA) is 66.8 Å². The highest BCUT2D eigenvalue weighted by Gasteiger charge is 2.39. The van der Waals surface area contributed by atoms with E-state index >= 15 is 0 Å². The Bertz CT molecular complexity index is 810. The number of halogens is 2. The molecule has 1 aliphatic rings. The van der Waals surface area contributed by atoms with Crippen LogP contribution >= 0.6 is 15.9 Å². The molecule has 27 heavy (non-hydrogen) atoms. The second-order valence-corrected chi connectivity index (χ2v) is 7.41. The number of aliphatic hydroxyl groups is 1. The molecule has 0 saturated carbocycles. The molecule has 1 N–H and O–H groups in total. The molecule has 1 fully saturated rings. The van der Waals surface area contributed by atoms with Crippen LogP contribution in [0, 0.1) is 11.7 Å². The normalized spacial score (nSPS) is 18.0. The lowest BCUT2D eigenvalue weighted by molar-refractivity contribution is -0.141. The molecule has 1 saturated heterocycles. The summed E-state index contributed by atoms with van der Waals surface area (Å²) in [5.74, 6) is -0.863. The molecule has 2 atom stereocenters. The second-order valence-electron chi connectivity index (χ2n) is 6.49. The number of carbonyl (C=O) groups is 2. The van der Waals surface area contributed by atoms with Gasteiger partial charge < -0.3 is 9.84 Å². The minimum absolute atomic E-state index is 0.0265. The Hall–Kier alpha value is -2.25. The van der Waals surface area contributed by atoms with Crippen molar-refractivity contribution in [2.24, 2.45) is 5.92 Å². The number of ether oxygens (including phenoxy) is 1. The standard InChI is InChI=1S/C20H19BrFNO4/c21-15-3-7-18(8-4-15)27-12-17(24)11-23-19(25)10-14(20(23)26)9-13-1-5-16(22)6-2-13/h1-8,14,17,24H,9-12H2. The minimum atomic E-state index is -0.980. The van der Waals surface area contributed by atoms with E-state index in [0.29, 0.717) is 12.2 Å². The van der Waals surface area contributed by atoms with E-state index in [1.165, 1.54) is 12.1 Å². The van der Waals surface area contributed by atoms with Crippen molar-refractivity contribution in [2.45, 2.75) is 18.9 Å². The number of β-amino-alcohol motifs (C(OH)–C–C–N with tert-alkyl or cyclic N) is 1. The second kappa shape index (κ2) is 8.63. The molecule has 3 rings (SSSR count). The van der Waals surface area contributed by atoms with Crippen molar-refractivity contribution in [1.29, 1.82) is 0 Å². The van der Waals surface area contributed by atoms with Crippen molar-refractivity contribution >= 4 is 27.7 Å². The van der Waals surface area contributed by atoms with Gasteiger partial charge in [0.15, 0.2) is 0 Å². The van der Waals surface area contributed by atoms with E-state index in [4.69, 9.17) is 4.74 Å². The van der Waals surface area contributed by atoms with Gasteiger partial charge in [0.25, 0.3) is 0 Å². The van der Waals surface area contributed by atoms with E-state index in [2.05, 4.69) is 15.9 Å². The monoisotopic (exact) mass is 435 g/mol. The maximum atomic E-state index is 13.0. The summed E-state index contributed by atoms with van der Waals surface area (Å²) in [6, 6.07) is 13.0. The maximum Gasteiger partial charge on any atom is 0.233 e. The van der Waals surface area contributed by atoms with Crippen LogP contribution in [0.4, 0.5) is 4.39 Å². The number of rotatable bonds is 7. The number of hydrogen-bond acceptors (Lipinski definition) is 4. The highest BCUT2D eigenvalue weighted by molar-refractivity contribution is 9.10. The van der Waals surface area contributed by atoms with Gasteiger partial charge in [-0.25, -0.2) is 4.39 Å². The molecule has 2 amide bonds. The first-order valence-corrected chi connectivity index (χ1v) is 9.37. The van der Waals surface area contributed by atoms with Crippen LogP contribution in [0.25, 0.3) is 0 Å². The van der Waals surface area contributed by atoms with Gasteiger partial charge in [-0.3, -0.25) is 14.5 Å². The smallest absolute Gasteiger partial charge is 0.233 e. The van der Waals surface area contributed by atoms with Crippen molar-refractivity contribution in [3.8, 4) is 5.75 Å². The fourth-order valence-corrected chi connectivity index (χ4v) is 3.26. The molecular formula is C20H19BrFNO4. The van der Waals surface area contributed by atoms with Gasteiger partial charge in [0.2, 0.25) is 11.8 Å². The average Bonchev–Trinajstić information content (AvgIpc) is 2.90. The first kappa shape index (κ1) is 19.5. The minimum Gasteiger partial charge on any atom is -0.491 e. The molecule has 0 aliphatic carbocycles. The highest BCUT2D eigenvalue weighted by Crippen LogP contribution is 2.24. The summed E-state index contributed by atoms with van der Waals surface area (Å²) in [6.45, 7) is -0.130. The van der Waals surface area contributed by atoms with Crippen LogP contribution in [-0.4, -0.2) is 41.1 Å². The molecule has 1 aliphatic heterocycles. The van der Waals surface area contributed by atoms with E-state index in [1.807, 2.05) is 12.1 Å². The van der Waals surface area contributed by atoms with Gasteiger partial charge >= 0.3 is 0 Å². The quantitative estimate of drug-likeness (QED) is 0.678. The highest BCUT2D eigenvalue weighted by atomic mass is 79.9. The van der Waals surface area contributed by atoms with Crippen LogP contribution in [0.3, 0.4) is 0 Å². The first-order valence-electron chi connectivity index (χ1n) is 8.57. The Balaban J connectivity index is 1.53. The van der Waals surface area contributed by atoms with Crippen molar-refractivity contribution in [1.82, 2.24) is 4.90 Å². The Morgan fingerprint density at radius 2 is 1.81 bits per heavy atom. The summed E-state index contributed by atoms with van der Waals surface area (Å²) in [5, 5.41) is 10.1. The maximum absolute atomic E-state index is 13.0. The van der Waals surface area contributed by atoms with Crippen molar-refractivity contribution in [2.75, 3.05) is 13.2 Å². The SMILES string of the molecule is O=C1CC(Cc2ccc(F)cc2)C(=O)N1CC(O)COc1ccc(Br)cc1. The number of amides is 2. The lowest BCUT2D eigenvalue weighted by Gasteiger charge is -2.19. The van der Waals surface area contributed by atoms with Crippen LogP contribution in [-0.2, 0) is 16.0 Å². The predicted octanol–water partition coefficient (Wildman–Crippen LogP) is 2.95. The lowest BCUT2D eigenvalue weighted by atomic mass is 9.98. The van der Waals surface area contributed by atoms with Gasteiger partial charge in [-0.15, -0.1) is 0 Å². The van der Waals surface area contributed by atoms with Crippen LogP contribution in [0.1, 0.15) is 12.0 Å². The van der Waals surface area contributed by atoms with E-state index < -0.39 is 12.0 Å². The number of imide groups is 1. The summed E-state index contributed by atoms with van der Waals surface area (Å²) in [6.07, 6.45) is -0.519. The Kier molecular flexibility index (Phi) is 6.23. The third kappa shape index (κ3) is 5.14. The Morgan fingerprint density at radius 3 is 2.48 bits per heavy atom. The molecule has 7 heteroatoms. The number of likely N-dealkylation sites (tertiary alicyclic amines) is 1. The number of hydrogen-bond donors (Lipinski definition) is 1. The zero-order chi connectivity index (χ0) is 19.4. The predicted molar refractivity (Wildman–Crippen MR) is 101 cm³/mol. The number of aliphatic hydroxyl groups excluding tert-OH is 1. The molecule has 0 aromatic heterocycles. The summed E-state index contributed by atoms with van der Waals surface area (Å²) in [4.78, 5) is 25.8. The van der Waals surface area contributed by atoms with Crippen molar-refractivity contribution in [3.05, 3.63) is 64.4 Å². The van der Waals surface area contributed by atoms with Gasteiger partial charge in [0.1, 0.15) is 24.3 Å². The molecule has 142 valence electrons. The zero-order valence-electron chi connectivity index (χ0n) is 14.5.